The maximum Gasteiger partial charge on any atom is 0.523 e. The van der Waals surface area contributed by atoms with Gasteiger partial charge in [-0.1, -0.05) is 0 Å². The van der Waals surface area contributed by atoms with Crippen molar-refractivity contribution in [3.63, 3.8) is 0 Å². The number of alkyl halides is 3. The van der Waals surface area contributed by atoms with Gasteiger partial charge in [0.25, 0.3) is 0 Å². The Labute approximate surface area is 163 Å². The second-order valence-corrected chi connectivity index (χ2v) is 7.25. The molecule has 11 nitrogen and oxygen atoms in total. The normalized spacial score (nSPS) is 27.8. The first-order valence-electron chi connectivity index (χ1n) is 7.85. The summed E-state index contributed by atoms with van der Waals surface area (Å²) in [4.78, 5) is 33.9. The molecule has 0 amide bonds. The Morgan fingerprint density at radius 1 is 0.931 bits per heavy atom. The number of carbonyl (C=O) groups excluding carboxylic acids is 3. The van der Waals surface area contributed by atoms with E-state index in [4.69, 9.17) is 23.7 Å². The van der Waals surface area contributed by atoms with Crippen LogP contribution in [0.3, 0.4) is 0 Å². The van der Waals surface area contributed by atoms with E-state index >= 15 is 0 Å². The standard InChI is InChI=1S/C14H19F3O11S/c1-6(18)24-5-9-10(25-7(2)19)11(28-29(21,22)14(15,16)17)12(26-8(3)20)13(23-4)27-9/h9-13H,5H2,1-4H3/t9-,10+,11-,12-,13-/m1/s1. The molecular weight excluding hydrogens is 433 g/mol. The fourth-order valence-electron chi connectivity index (χ4n) is 2.36. The molecule has 1 fully saturated rings. The van der Waals surface area contributed by atoms with E-state index in [1.165, 1.54) is 0 Å². The molecule has 168 valence electrons. The van der Waals surface area contributed by atoms with E-state index in [0.717, 1.165) is 27.9 Å². The molecule has 5 atom stereocenters. The third-order valence-electron chi connectivity index (χ3n) is 3.40. The minimum atomic E-state index is -6.22. The lowest BCUT2D eigenvalue weighted by molar-refractivity contribution is -0.296. The van der Waals surface area contributed by atoms with Crippen LogP contribution >= 0.6 is 0 Å². The molecule has 0 aliphatic carbocycles. The van der Waals surface area contributed by atoms with E-state index in [1.807, 2.05) is 0 Å². The summed E-state index contributed by atoms with van der Waals surface area (Å²) in [6, 6.07) is 0. The predicted molar refractivity (Wildman–Crippen MR) is 83.3 cm³/mol. The van der Waals surface area contributed by atoms with Crippen molar-refractivity contribution < 1.29 is 63.8 Å². The summed E-state index contributed by atoms with van der Waals surface area (Å²) in [6.07, 6.45) is -9.13. The molecule has 1 saturated heterocycles. The highest BCUT2D eigenvalue weighted by Gasteiger charge is 2.57. The van der Waals surface area contributed by atoms with Gasteiger partial charge in [-0.25, -0.2) is 0 Å². The van der Waals surface area contributed by atoms with Crippen molar-refractivity contribution in [2.45, 2.75) is 57.0 Å². The predicted octanol–water partition coefficient (Wildman–Crippen LogP) is 0.0190. The lowest BCUT2D eigenvalue weighted by Crippen LogP contribution is -2.63. The first-order valence-corrected chi connectivity index (χ1v) is 9.26. The first kappa shape index (κ1) is 25.1. The van der Waals surface area contributed by atoms with Crippen molar-refractivity contribution in [1.29, 1.82) is 0 Å². The number of hydrogen-bond donors (Lipinski definition) is 0. The molecule has 1 aliphatic rings. The van der Waals surface area contributed by atoms with Gasteiger partial charge in [0, 0.05) is 27.9 Å². The molecule has 29 heavy (non-hydrogen) atoms. The van der Waals surface area contributed by atoms with E-state index in [1.54, 1.807) is 0 Å². The molecule has 0 N–H and O–H groups in total. The molecular formula is C14H19F3O11S. The SMILES string of the molecule is CO[C@@H]1O[C@H](COC(C)=O)[C@H](OC(C)=O)[C@@H](OS(=O)(=O)C(F)(F)F)[C@H]1OC(C)=O. The van der Waals surface area contributed by atoms with Crippen LogP contribution in [0.1, 0.15) is 20.8 Å². The van der Waals surface area contributed by atoms with Gasteiger partial charge in [-0.05, 0) is 0 Å². The topological polar surface area (TPSA) is 141 Å². The average Bonchev–Trinajstić information content (AvgIpc) is 2.54. The zero-order valence-corrected chi connectivity index (χ0v) is 16.4. The Kier molecular flexibility index (Phi) is 8.37. The van der Waals surface area contributed by atoms with Crippen molar-refractivity contribution in [2.24, 2.45) is 0 Å². The average molecular weight is 452 g/mol. The molecule has 0 spiro atoms. The van der Waals surface area contributed by atoms with Crippen LogP contribution in [0.2, 0.25) is 0 Å². The number of carbonyl (C=O) groups is 3. The smallest absolute Gasteiger partial charge is 0.463 e. The van der Waals surface area contributed by atoms with E-state index in [9.17, 15) is 36.0 Å². The lowest BCUT2D eigenvalue weighted by atomic mass is 9.98. The number of esters is 3. The van der Waals surface area contributed by atoms with E-state index in [0.29, 0.717) is 0 Å². The van der Waals surface area contributed by atoms with Crippen LogP contribution in [0.15, 0.2) is 0 Å². The van der Waals surface area contributed by atoms with Crippen LogP contribution < -0.4 is 0 Å². The third-order valence-corrected chi connectivity index (χ3v) is 4.44. The van der Waals surface area contributed by atoms with E-state index < -0.39 is 70.8 Å². The monoisotopic (exact) mass is 452 g/mol. The highest BCUT2D eigenvalue weighted by atomic mass is 32.2. The Bertz CT molecular complexity index is 721. The third kappa shape index (κ3) is 6.80. The van der Waals surface area contributed by atoms with Crippen molar-refractivity contribution >= 4 is 28.0 Å². The first-order chi connectivity index (χ1) is 13.2. The Morgan fingerprint density at radius 3 is 1.86 bits per heavy atom. The molecule has 1 aliphatic heterocycles. The van der Waals surface area contributed by atoms with Gasteiger partial charge in [0.05, 0.1) is 0 Å². The second-order valence-electron chi connectivity index (χ2n) is 5.69. The minimum Gasteiger partial charge on any atom is -0.463 e. The van der Waals surface area contributed by atoms with Crippen molar-refractivity contribution in [3.05, 3.63) is 0 Å². The molecule has 0 saturated carbocycles. The van der Waals surface area contributed by atoms with Crippen LogP contribution in [0.4, 0.5) is 13.2 Å². The lowest BCUT2D eigenvalue weighted by Gasteiger charge is -2.43. The molecule has 0 bridgehead atoms. The number of methoxy groups -OCH3 is 1. The molecule has 15 heteroatoms. The van der Waals surface area contributed by atoms with Gasteiger partial charge in [-0.2, -0.15) is 21.6 Å². The van der Waals surface area contributed by atoms with Crippen LogP contribution in [0, 0.1) is 0 Å². The summed E-state index contributed by atoms with van der Waals surface area (Å²) in [5.74, 6) is -2.91. The highest BCUT2D eigenvalue weighted by molar-refractivity contribution is 7.87. The van der Waals surface area contributed by atoms with Gasteiger partial charge in [-0.15, -0.1) is 0 Å². The zero-order valence-electron chi connectivity index (χ0n) is 15.6. The summed E-state index contributed by atoms with van der Waals surface area (Å²) >= 11 is 0. The van der Waals surface area contributed by atoms with Gasteiger partial charge in [0.2, 0.25) is 0 Å². The fourth-order valence-corrected chi connectivity index (χ4v) is 2.98. The molecule has 0 aromatic rings. The molecule has 0 aromatic heterocycles. The summed E-state index contributed by atoms with van der Waals surface area (Å²) in [5.41, 5.74) is -5.83. The summed E-state index contributed by atoms with van der Waals surface area (Å²) in [6.45, 7) is 2.11. The van der Waals surface area contributed by atoms with Gasteiger partial charge in [0.1, 0.15) is 12.7 Å². The van der Waals surface area contributed by atoms with E-state index in [-0.39, 0.29) is 0 Å². The van der Waals surface area contributed by atoms with Crippen LogP contribution in [-0.4, -0.2) is 76.3 Å². The van der Waals surface area contributed by atoms with Gasteiger partial charge in [0.15, 0.2) is 24.6 Å². The van der Waals surface area contributed by atoms with Crippen molar-refractivity contribution in [1.82, 2.24) is 0 Å². The van der Waals surface area contributed by atoms with Crippen LogP contribution in [0.5, 0.6) is 0 Å². The summed E-state index contributed by atoms with van der Waals surface area (Å²) in [7, 11) is -5.20. The van der Waals surface area contributed by atoms with Crippen LogP contribution in [-0.2, 0) is 52.4 Å². The maximum absolute atomic E-state index is 12.8. The van der Waals surface area contributed by atoms with Gasteiger partial charge >= 0.3 is 33.5 Å². The number of halogens is 3. The largest absolute Gasteiger partial charge is 0.523 e. The summed E-state index contributed by atoms with van der Waals surface area (Å²) < 4.78 is 90.4. The highest BCUT2D eigenvalue weighted by Crippen LogP contribution is 2.34. The molecule has 1 heterocycles. The Balaban J connectivity index is 3.43. The minimum absolute atomic E-state index is 0.661. The van der Waals surface area contributed by atoms with E-state index in [2.05, 4.69) is 4.18 Å². The molecule has 0 aromatic carbocycles. The fraction of sp³-hybridized carbons (Fsp3) is 0.786. The van der Waals surface area contributed by atoms with Crippen molar-refractivity contribution in [2.75, 3.05) is 13.7 Å². The molecule has 0 radical (unpaired) electrons. The Hall–Kier alpha value is -1.97. The number of rotatable bonds is 7. The molecule has 0 unspecified atom stereocenters. The second kappa shape index (κ2) is 9.69. The van der Waals surface area contributed by atoms with Crippen molar-refractivity contribution in [3.8, 4) is 0 Å². The van der Waals surface area contributed by atoms with Gasteiger partial charge in [-0.3, -0.25) is 18.6 Å². The number of ether oxygens (including phenoxy) is 5. The number of hydrogen-bond acceptors (Lipinski definition) is 11. The maximum atomic E-state index is 12.8. The van der Waals surface area contributed by atoms with Crippen LogP contribution in [0.25, 0.3) is 0 Å². The molecule has 1 rings (SSSR count). The summed E-state index contributed by atoms with van der Waals surface area (Å²) in [5, 5.41) is 0. The zero-order chi connectivity index (χ0) is 22.6. The quantitative estimate of drug-likeness (QED) is 0.223. The Morgan fingerprint density at radius 2 is 1.45 bits per heavy atom. The van der Waals surface area contributed by atoms with Gasteiger partial charge < -0.3 is 23.7 Å².